The number of rotatable bonds is 6. The molecular weight excluding hydrogens is 373 g/mol. The van der Waals surface area contributed by atoms with Crippen molar-refractivity contribution in [3.05, 3.63) is 34.1 Å². The predicted octanol–water partition coefficient (Wildman–Crippen LogP) is 3.45. The number of guanidine groups is 1. The number of ether oxygens (including phenoxy) is 1. The first-order chi connectivity index (χ1) is 11.6. The van der Waals surface area contributed by atoms with Crippen LogP contribution in [0.3, 0.4) is 0 Å². The zero-order chi connectivity index (χ0) is 17.4. The van der Waals surface area contributed by atoms with Gasteiger partial charge in [-0.15, -0.1) is 0 Å². The van der Waals surface area contributed by atoms with Crippen molar-refractivity contribution in [2.24, 2.45) is 10.9 Å². The first kappa shape index (κ1) is 19.2. The molecular formula is C18H27BrFN3O. The van der Waals surface area contributed by atoms with E-state index in [1.54, 1.807) is 13.1 Å². The van der Waals surface area contributed by atoms with E-state index in [9.17, 15) is 4.39 Å². The Morgan fingerprint density at radius 1 is 1.42 bits per heavy atom. The fourth-order valence-electron chi connectivity index (χ4n) is 2.95. The zero-order valence-corrected chi connectivity index (χ0v) is 16.1. The Morgan fingerprint density at radius 2 is 2.17 bits per heavy atom. The lowest BCUT2D eigenvalue weighted by Crippen LogP contribution is -2.40. The Hall–Kier alpha value is -1.14. The van der Waals surface area contributed by atoms with E-state index in [2.05, 4.69) is 31.1 Å². The molecule has 1 N–H and O–H groups in total. The number of benzene rings is 1. The predicted molar refractivity (Wildman–Crippen MR) is 100.0 cm³/mol. The topological polar surface area (TPSA) is 36.9 Å². The molecule has 4 nitrogen and oxygen atoms in total. The van der Waals surface area contributed by atoms with Crippen LogP contribution in [-0.4, -0.2) is 51.3 Å². The van der Waals surface area contributed by atoms with Gasteiger partial charge in [0, 0.05) is 44.9 Å². The summed E-state index contributed by atoms with van der Waals surface area (Å²) in [7, 11) is 3.83. The Bertz CT molecular complexity index is 547. The molecule has 1 aromatic carbocycles. The Balaban J connectivity index is 1.75. The monoisotopic (exact) mass is 399 g/mol. The number of halogens is 2. The Labute approximate surface area is 152 Å². The van der Waals surface area contributed by atoms with Gasteiger partial charge in [0.05, 0.1) is 0 Å². The number of nitrogens with zero attached hydrogens (tertiary/aromatic N) is 2. The summed E-state index contributed by atoms with van der Waals surface area (Å²) in [6, 6.07) is 5.04. The molecule has 1 aliphatic rings. The number of hydrogen-bond acceptors (Lipinski definition) is 2. The zero-order valence-electron chi connectivity index (χ0n) is 14.5. The third-order valence-corrected chi connectivity index (χ3v) is 4.97. The highest BCUT2D eigenvalue weighted by Gasteiger charge is 2.15. The maximum Gasteiger partial charge on any atom is 0.193 e. The molecule has 0 aliphatic carbocycles. The van der Waals surface area contributed by atoms with E-state index in [4.69, 9.17) is 4.74 Å². The molecule has 0 amide bonds. The van der Waals surface area contributed by atoms with Gasteiger partial charge in [-0.25, -0.2) is 4.39 Å². The molecule has 2 rings (SSSR count). The average molecular weight is 400 g/mol. The quantitative estimate of drug-likeness (QED) is 0.587. The van der Waals surface area contributed by atoms with Gasteiger partial charge < -0.3 is 15.0 Å². The lowest BCUT2D eigenvalue weighted by Gasteiger charge is -2.26. The number of hydrogen-bond donors (Lipinski definition) is 1. The first-order valence-corrected chi connectivity index (χ1v) is 9.33. The molecule has 0 aromatic heterocycles. The molecule has 0 radical (unpaired) electrons. The van der Waals surface area contributed by atoms with E-state index < -0.39 is 0 Å². The third-order valence-electron chi connectivity index (χ3n) is 4.47. The summed E-state index contributed by atoms with van der Waals surface area (Å²) in [4.78, 5) is 6.47. The Kier molecular flexibility index (Phi) is 7.99. The second-order valence-electron chi connectivity index (χ2n) is 6.23. The molecule has 0 saturated carbocycles. The summed E-state index contributed by atoms with van der Waals surface area (Å²) in [5, 5.41) is 3.32. The fourth-order valence-corrected chi connectivity index (χ4v) is 3.35. The van der Waals surface area contributed by atoms with Crippen LogP contribution in [-0.2, 0) is 11.2 Å². The average Bonchev–Trinajstić information content (AvgIpc) is 2.60. The third kappa shape index (κ3) is 6.06. The molecule has 1 aliphatic heterocycles. The van der Waals surface area contributed by atoms with Crippen LogP contribution in [0.15, 0.2) is 27.7 Å². The molecule has 6 heteroatoms. The normalized spacial score (nSPS) is 16.2. The largest absolute Gasteiger partial charge is 0.381 e. The van der Waals surface area contributed by atoms with Gasteiger partial charge in [-0.2, -0.15) is 0 Å². The molecule has 1 heterocycles. The van der Waals surface area contributed by atoms with Crippen molar-refractivity contribution < 1.29 is 9.13 Å². The lowest BCUT2D eigenvalue weighted by atomic mass is 9.96. The molecule has 0 atom stereocenters. The van der Waals surface area contributed by atoms with Crippen LogP contribution in [0, 0.1) is 11.7 Å². The smallest absolute Gasteiger partial charge is 0.193 e. The standard InChI is InChI=1S/C18H27BrFN3O/c1-21-18(23(2)10-6-14-7-11-24-12-8-14)22-9-5-15-13-16(19)3-4-17(15)20/h3-4,13-14H,5-12H2,1-2H3,(H,21,22). The SMILES string of the molecule is CN=C(NCCc1cc(Br)ccc1F)N(C)CCC1CCOCC1. The summed E-state index contributed by atoms with van der Waals surface area (Å²) >= 11 is 3.38. The van der Waals surface area contributed by atoms with Crippen molar-refractivity contribution in [1.82, 2.24) is 10.2 Å². The van der Waals surface area contributed by atoms with Crippen LogP contribution in [0.4, 0.5) is 4.39 Å². The molecule has 0 bridgehead atoms. The van der Waals surface area contributed by atoms with Crippen molar-refractivity contribution >= 4 is 21.9 Å². The first-order valence-electron chi connectivity index (χ1n) is 8.53. The van der Waals surface area contributed by atoms with Gasteiger partial charge in [0.1, 0.15) is 5.82 Å². The number of nitrogens with one attached hydrogen (secondary N) is 1. The van der Waals surface area contributed by atoms with Gasteiger partial charge in [0.15, 0.2) is 5.96 Å². The van der Waals surface area contributed by atoms with E-state index in [1.165, 1.54) is 6.07 Å². The van der Waals surface area contributed by atoms with Crippen LogP contribution in [0.1, 0.15) is 24.8 Å². The maximum absolute atomic E-state index is 13.8. The summed E-state index contributed by atoms with van der Waals surface area (Å²) in [5.41, 5.74) is 0.706. The van der Waals surface area contributed by atoms with E-state index in [1.807, 2.05) is 13.1 Å². The maximum atomic E-state index is 13.8. The van der Waals surface area contributed by atoms with E-state index in [-0.39, 0.29) is 5.82 Å². The van der Waals surface area contributed by atoms with Crippen molar-refractivity contribution in [2.45, 2.75) is 25.7 Å². The highest BCUT2D eigenvalue weighted by Crippen LogP contribution is 2.18. The van der Waals surface area contributed by atoms with Gasteiger partial charge in [-0.3, -0.25) is 4.99 Å². The summed E-state index contributed by atoms with van der Waals surface area (Å²) in [6.45, 7) is 3.40. The fraction of sp³-hybridized carbons (Fsp3) is 0.611. The van der Waals surface area contributed by atoms with Crippen molar-refractivity contribution in [2.75, 3.05) is 40.4 Å². The molecule has 1 fully saturated rings. The van der Waals surface area contributed by atoms with E-state index >= 15 is 0 Å². The summed E-state index contributed by atoms with van der Waals surface area (Å²) < 4.78 is 20.1. The highest BCUT2D eigenvalue weighted by molar-refractivity contribution is 9.10. The molecule has 134 valence electrons. The van der Waals surface area contributed by atoms with Crippen LogP contribution in [0.2, 0.25) is 0 Å². The van der Waals surface area contributed by atoms with Gasteiger partial charge in [0.2, 0.25) is 0 Å². The summed E-state index contributed by atoms with van der Waals surface area (Å²) in [6.07, 6.45) is 4.09. The van der Waals surface area contributed by atoms with Crippen LogP contribution < -0.4 is 5.32 Å². The van der Waals surface area contributed by atoms with Crippen LogP contribution in [0.25, 0.3) is 0 Å². The van der Waals surface area contributed by atoms with Gasteiger partial charge in [0.25, 0.3) is 0 Å². The molecule has 1 aromatic rings. The van der Waals surface area contributed by atoms with E-state index in [0.717, 1.165) is 55.4 Å². The Morgan fingerprint density at radius 3 is 2.88 bits per heavy atom. The molecule has 0 spiro atoms. The van der Waals surface area contributed by atoms with Gasteiger partial charge in [-0.05, 0) is 55.4 Å². The summed E-state index contributed by atoms with van der Waals surface area (Å²) in [5.74, 6) is 1.44. The van der Waals surface area contributed by atoms with Gasteiger partial charge >= 0.3 is 0 Å². The minimum atomic E-state index is -0.164. The molecule has 1 saturated heterocycles. The molecule has 24 heavy (non-hydrogen) atoms. The van der Waals surface area contributed by atoms with Gasteiger partial charge in [-0.1, -0.05) is 15.9 Å². The second-order valence-corrected chi connectivity index (χ2v) is 7.14. The van der Waals surface area contributed by atoms with Crippen LogP contribution >= 0.6 is 15.9 Å². The second kappa shape index (κ2) is 9.99. The molecule has 0 unspecified atom stereocenters. The van der Waals surface area contributed by atoms with Crippen molar-refractivity contribution in [1.29, 1.82) is 0 Å². The van der Waals surface area contributed by atoms with Crippen molar-refractivity contribution in [3.8, 4) is 0 Å². The number of aliphatic imine (C=N–C) groups is 1. The lowest BCUT2D eigenvalue weighted by molar-refractivity contribution is 0.0625. The minimum absolute atomic E-state index is 0.164. The van der Waals surface area contributed by atoms with E-state index in [0.29, 0.717) is 18.5 Å². The highest BCUT2D eigenvalue weighted by atomic mass is 79.9. The van der Waals surface area contributed by atoms with Crippen molar-refractivity contribution in [3.63, 3.8) is 0 Å². The minimum Gasteiger partial charge on any atom is -0.381 e. The van der Waals surface area contributed by atoms with Crippen LogP contribution in [0.5, 0.6) is 0 Å².